The van der Waals surface area contributed by atoms with E-state index in [0.717, 1.165) is 58.2 Å². The van der Waals surface area contributed by atoms with E-state index in [1.54, 1.807) is 11.3 Å². The van der Waals surface area contributed by atoms with Crippen molar-refractivity contribution in [2.75, 3.05) is 6.54 Å². The molecular weight excluding hydrogens is 476 g/mol. The largest absolute Gasteiger partial charge is 0.353 e. The molecule has 0 unspecified atom stereocenters. The van der Waals surface area contributed by atoms with Gasteiger partial charge < -0.3 is 10.3 Å². The molecule has 7 heteroatoms. The smallest absolute Gasteiger partial charge is 0.135 e. The van der Waals surface area contributed by atoms with Crippen molar-refractivity contribution in [3.8, 4) is 33.1 Å². The molecule has 1 aliphatic rings. The fourth-order valence-electron chi connectivity index (χ4n) is 5.54. The molecule has 1 saturated carbocycles. The first kappa shape index (κ1) is 22.4. The Hall–Kier alpha value is -3.81. The molecule has 3 N–H and O–H groups in total. The van der Waals surface area contributed by atoms with Crippen LogP contribution in [-0.2, 0) is 6.54 Å². The molecule has 1 aromatic carbocycles. The number of hydrogen-bond acceptors (Lipinski definition) is 5. The van der Waals surface area contributed by atoms with Crippen LogP contribution in [0, 0.1) is 5.92 Å². The number of H-pyrrole nitrogens is 2. The van der Waals surface area contributed by atoms with Gasteiger partial charge >= 0.3 is 0 Å². The zero-order chi connectivity index (χ0) is 24.6. The molecule has 0 saturated heterocycles. The summed E-state index contributed by atoms with van der Waals surface area (Å²) in [4.78, 5) is 14.4. The van der Waals surface area contributed by atoms with Crippen molar-refractivity contribution < 1.29 is 0 Å². The third kappa shape index (κ3) is 4.34. The van der Waals surface area contributed by atoms with Crippen molar-refractivity contribution in [2.45, 2.75) is 32.2 Å². The van der Waals surface area contributed by atoms with E-state index in [-0.39, 0.29) is 0 Å². The van der Waals surface area contributed by atoms with Crippen LogP contribution < -0.4 is 5.32 Å². The Kier molecular flexibility index (Phi) is 5.79. The quantitative estimate of drug-likeness (QED) is 0.215. The Morgan fingerprint density at radius 1 is 0.973 bits per heavy atom. The van der Waals surface area contributed by atoms with Gasteiger partial charge in [0.15, 0.2) is 0 Å². The second kappa shape index (κ2) is 9.57. The molecule has 37 heavy (non-hydrogen) atoms. The highest BCUT2D eigenvalue weighted by Crippen LogP contribution is 2.35. The maximum atomic E-state index is 5.04. The highest BCUT2D eigenvalue weighted by molar-refractivity contribution is 7.13. The summed E-state index contributed by atoms with van der Waals surface area (Å²) < 4.78 is 0. The van der Waals surface area contributed by atoms with Crippen molar-refractivity contribution in [3.63, 3.8) is 0 Å². The van der Waals surface area contributed by atoms with E-state index < -0.39 is 0 Å². The van der Waals surface area contributed by atoms with Gasteiger partial charge in [0.2, 0.25) is 0 Å². The van der Waals surface area contributed by atoms with E-state index in [4.69, 9.17) is 4.98 Å². The zero-order valence-corrected chi connectivity index (χ0v) is 21.3. The van der Waals surface area contributed by atoms with Gasteiger partial charge in [0.1, 0.15) is 11.2 Å². The Morgan fingerprint density at radius 2 is 1.92 bits per heavy atom. The van der Waals surface area contributed by atoms with E-state index >= 15 is 0 Å². The van der Waals surface area contributed by atoms with Crippen LogP contribution in [0.5, 0.6) is 0 Å². The van der Waals surface area contributed by atoms with E-state index in [0.29, 0.717) is 0 Å². The van der Waals surface area contributed by atoms with Crippen molar-refractivity contribution in [1.82, 2.24) is 30.5 Å². The predicted octanol–water partition coefficient (Wildman–Crippen LogP) is 7.18. The summed E-state index contributed by atoms with van der Waals surface area (Å²) in [6, 6.07) is 19.1. The summed E-state index contributed by atoms with van der Waals surface area (Å²) in [7, 11) is 0. The SMILES string of the molecule is c1csc(-c2cccc3[nH]c(-c4n[nH]c5ccc(-c6cncc(CNCC7CCCC7)c6)nc45)cc23)c1. The number of pyridine rings is 2. The van der Waals surface area contributed by atoms with Crippen LogP contribution >= 0.6 is 11.3 Å². The first-order valence-corrected chi connectivity index (χ1v) is 13.9. The first-order chi connectivity index (χ1) is 18.3. The molecule has 0 radical (unpaired) electrons. The van der Waals surface area contributed by atoms with Gasteiger partial charge in [-0.2, -0.15) is 5.10 Å². The zero-order valence-electron chi connectivity index (χ0n) is 20.5. The lowest BCUT2D eigenvalue weighted by Gasteiger charge is -2.11. The van der Waals surface area contributed by atoms with Crippen molar-refractivity contribution >= 4 is 33.3 Å². The number of fused-ring (bicyclic) bond motifs is 2. The molecule has 5 heterocycles. The fourth-order valence-corrected chi connectivity index (χ4v) is 6.30. The molecule has 0 spiro atoms. The Morgan fingerprint density at radius 3 is 2.81 bits per heavy atom. The van der Waals surface area contributed by atoms with Crippen molar-refractivity contribution in [3.05, 3.63) is 77.9 Å². The number of aromatic amines is 2. The number of rotatable bonds is 7. The molecule has 6 nitrogen and oxygen atoms in total. The van der Waals surface area contributed by atoms with Gasteiger partial charge in [-0.15, -0.1) is 11.3 Å². The second-order valence-electron chi connectivity index (χ2n) is 9.96. The number of nitrogens with zero attached hydrogens (tertiary/aromatic N) is 3. The van der Waals surface area contributed by atoms with Gasteiger partial charge in [-0.05, 0) is 72.6 Å². The molecule has 0 bridgehead atoms. The third-order valence-electron chi connectivity index (χ3n) is 7.44. The lowest BCUT2D eigenvalue weighted by atomic mass is 10.1. The normalized spacial score (nSPS) is 14.3. The average Bonchev–Trinajstić information content (AvgIpc) is 3.74. The molecule has 6 aromatic rings. The standard InChI is InChI=1S/C30H28N6S/c1-2-6-19(5-1)15-31-16-20-13-21(18-32-17-20)24-10-11-26-29(34-24)30(36-35-26)27-14-23-22(28-9-4-12-37-28)7-3-8-25(23)33-27/h3-4,7-14,17-19,31,33H,1-2,5-6,15-16H2,(H,35,36). The fraction of sp³-hybridized carbons (Fsp3) is 0.233. The van der Waals surface area contributed by atoms with E-state index in [1.165, 1.54) is 47.1 Å². The van der Waals surface area contributed by atoms with Gasteiger partial charge in [0.05, 0.1) is 16.9 Å². The topological polar surface area (TPSA) is 82.3 Å². The monoisotopic (exact) mass is 504 g/mol. The van der Waals surface area contributed by atoms with Crippen LogP contribution in [0.2, 0.25) is 0 Å². The van der Waals surface area contributed by atoms with Crippen LogP contribution in [0.15, 0.2) is 72.4 Å². The van der Waals surface area contributed by atoms with E-state index in [2.05, 4.69) is 79.4 Å². The van der Waals surface area contributed by atoms with Crippen molar-refractivity contribution in [1.29, 1.82) is 0 Å². The van der Waals surface area contributed by atoms with Gasteiger partial charge in [-0.1, -0.05) is 31.0 Å². The molecule has 7 rings (SSSR count). The minimum Gasteiger partial charge on any atom is -0.353 e. The molecular formula is C30H28N6S. The van der Waals surface area contributed by atoms with Gasteiger partial charge in [0, 0.05) is 45.8 Å². The summed E-state index contributed by atoms with van der Waals surface area (Å²) in [5.74, 6) is 0.825. The molecule has 1 aliphatic carbocycles. The maximum absolute atomic E-state index is 5.04. The third-order valence-corrected chi connectivity index (χ3v) is 8.34. The minimum absolute atomic E-state index is 0.825. The minimum atomic E-state index is 0.825. The van der Waals surface area contributed by atoms with Crippen LogP contribution in [0.1, 0.15) is 31.2 Å². The summed E-state index contributed by atoms with van der Waals surface area (Å²) >= 11 is 1.75. The summed E-state index contributed by atoms with van der Waals surface area (Å²) in [5.41, 5.74) is 8.97. The second-order valence-corrected chi connectivity index (χ2v) is 10.9. The number of aromatic nitrogens is 5. The lowest BCUT2D eigenvalue weighted by molar-refractivity contribution is 0.489. The Labute approximate surface area is 219 Å². The highest BCUT2D eigenvalue weighted by atomic mass is 32.1. The van der Waals surface area contributed by atoms with Crippen molar-refractivity contribution in [2.24, 2.45) is 5.92 Å². The lowest BCUT2D eigenvalue weighted by Crippen LogP contribution is -2.20. The van der Waals surface area contributed by atoms with Crippen LogP contribution in [0.25, 0.3) is 55.0 Å². The van der Waals surface area contributed by atoms with Crippen LogP contribution in [0.3, 0.4) is 0 Å². The van der Waals surface area contributed by atoms with Gasteiger partial charge in [-0.3, -0.25) is 10.1 Å². The highest BCUT2D eigenvalue weighted by Gasteiger charge is 2.16. The van der Waals surface area contributed by atoms with Crippen LogP contribution in [-0.4, -0.2) is 31.7 Å². The molecule has 0 amide bonds. The number of thiophene rings is 1. The Balaban J connectivity index is 1.20. The van der Waals surface area contributed by atoms with Gasteiger partial charge in [0.25, 0.3) is 0 Å². The number of nitrogens with one attached hydrogen (secondary N) is 3. The average molecular weight is 505 g/mol. The van der Waals surface area contributed by atoms with E-state index in [9.17, 15) is 0 Å². The molecule has 0 atom stereocenters. The first-order valence-electron chi connectivity index (χ1n) is 13.0. The molecule has 0 aliphatic heterocycles. The number of benzene rings is 1. The summed E-state index contributed by atoms with van der Waals surface area (Å²) in [6.45, 7) is 1.92. The molecule has 1 fully saturated rings. The summed E-state index contributed by atoms with van der Waals surface area (Å²) in [5, 5.41) is 14.7. The van der Waals surface area contributed by atoms with Crippen LogP contribution in [0.4, 0.5) is 0 Å². The predicted molar refractivity (Wildman–Crippen MR) is 151 cm³/mol. The molecule has 184 valence electrons. The molecule has 5 aromatic heterocycles. The Bertz CT molecular complexity index is 1670. The number of hydrogen-bond donors (Lipinski definition) is 3. The summed E-state index contributed by atoms with van der Waals surface area (Å²) in [6.07, 6.45) is 9.30. The van der Waals surface area contributed by atoms with Gasteiger partial charge in [-0.25, -0.2) is 4.98 Å². The maximum Gasteiger partial charge on any atom is 0.135 e. The van der Waals surface area contributed by atoms with E-state index in [1.807, 2.05) is 18.5 Å².